The van der Waals surface area contributed by atoms with Crippen molar-refractivity contribution in [2.45, 2.75) is 26.3 Å². The third-order valence-corrected chi connectivity index (χ3v) is 4.96. The number of thiazole rings is 1. The molecule has 1 heterocycles. The first-order valence-corrected chi connectivity index (χ1v) is 9.29. The first-order chi connectivity index (χ1) is 12.6. The second-order valence-corrected chi connectivity index (χ2v) is 6.95. The number of ketones is 1. The molecule has 1 amide bonds. The molecule has 0 spiro atoms. The largest absolute Gasteiger partial charge is 0.303 e. The van der Waals surface area contributed by atoms with Crippen molar-refractivity contribution in [3.05, 3.63) is 71.7 Å². The normalized spacial score (nSPS) is 11.8. The van der Waals surface area contributed by atoms with Crippen molar-refractivity contribution >= 4 is 28.7 Å². The summed E-state index contributed by atoms with van der Waals surface area (Å²) in [6.07, 6.45) is 0.229. The highest BCUT2D eigenvalue weighted by Crippen LogP contribution is 2.33. The third-order valence-electron chi connectivity index (χ3n) is 4.05. The Balaban J connectivity index is 2.01. The van der Waals surface area contributed by atoms with E-state index in [0.717, 1.165) is 22.0 Å². The molecule has 0 saturated carbocycles. The van der Waals surface area contributed by atoms with Crippen LogP contribution in [0.15, 0.2) is 66.0 Å². The summed E-state index contributed by atoms with van der Waals surface area (Å²) in [5.41, 5.74) is 2.53. The second-order valence-electron chi connectivity index (χ2n) is 6.09. The van der Waals surface area contributed by atoms with Crippen LogP contribution in [0.2, 0.25) is 0 Å². The molecule has 3 rings (SSSR count). The standard InChI is InChI=1S/C21H20N2O2S/c1-15(24)13-20(23(16(2)25)18-11-7-4-8-12-18)19-14-26-21(22-19)17-9-5-3-6-10-17/h3-12,14,20H,13H2,1-2H3. The number of benzene rings is 2. The van der Waals surface area contributed by atoms with Gasteiger partial charge in [-0.1, -0.05) is 48.5 Å². The van der Waals surface area contributed by atoms with Gasteiger partial charge in [0.05, 0.1) is 11.7 Å². The second kappa shape index (κ2) is 8.06. The molecule has 1 unspecified atom stereocenters. The van der Waals surface area contributed by atoms with E-state index in [4.69, 9.17) is 4.98 Å². The third kappa shape index (κ3) is 4.06. The van der Waals surface area contributed by atoms with Gasteiger partial charge in [0.2, 0.25) is 5.91 Å². The number of hydrogen-bond acceptors (Lipinski definition) is 4. The zero-order chi connectivity index (χ0) is 18.5. The lowest BCUT2D eigenvalue weighted by Gasteiger charge is -2.29. The van der Waals surface area contributed by atoms with Crippen LogP contribution in [0.5, 0.6) is 0 Å². The maximum Gasteiger partial charge on any atom is 0.224 e. The van der Waals surface area contributed by atoms with Crippen LogP contribution >= 0.6 is 11.3 Å². The summed E-state index contributed by atoms with van der Waals surface area (Å²) in [6.45, 7) is 3.06. The van der Waals surface area contributed by atoms with Crippen LogP contribution < -0.4 is 4.90 Å². The average Bonchev–Trinajstić information content (AvgIpc) is 3.12. The molecule has 1 atom stereocenters. The van der Waals surface area contributed by atoms with Gasteiger partial charge in [0.15, 0.2) is 0 Å². The summed E-state index contributed by atoms with van der Waals surface area (Å²) in [5.74, 6) is -0.0943. The van der Waals surface area contributed by atoms with E-state index in [1.807, 2.05) is 66.0 Å². The summed E-state index contributed by atoms with van der Waals surface area (Å²) >= 11 is 1.52. The quantitative estimate of drug-likeness (QED) is 0.626. The molecule has 0 N–H and O–H groups in total. The van der Waals surface area contributed by atoms with Crippen molar-refractivity contribution < 1.29 is 9.59 Å². The van der Waals surface area contributed by atoms with Crippen LogP contribution in [0, 0.1) is 0 Å². The molecule has 0 aliphatic rings. The van der Waals surface area contributed by atoms with Gasteiger partial charge < -0.3 is 4.90 Å². The summed E-state index contributed by atoms with van der Waals surface area (Å²) in [7, 11) is 0. The number of amides is 1. The SMILES string of the molecule is CC(=O)CC(c1csc(-c2ccccc2)n1)N(C(C)=O)c1ccccc1. The molecule has 5 heteroatoms. The van der Waals surface area contributed by atoms with Crippen molar-refractivity contribution in [2.24, 2.45) is 0 Å². The Hall–Kier alpha value is -2.79. The highest BCUT2D eigenvalue weighted by molar-refractivity contribution is 7.13. The maximum absolute atomic E-state index is 12.4. The number of para-hydroxylation sites is 1. The zero-order valence-electron chi connectivity index (χ0n) is 14.8. The van der Waals surface area contributed by atoms with Crippen LogP contribution in [-0.4, -0.2) is 16.7 Å². The Bertz CT molecular complexity index is 891. The van der Waals surface area contributed by atoms with Crippen molar-refractivity contribution in [2.75, 3.05) is 4.90 Å². The van der Waals surface area contributed by atoms with Gasteiger partial charge in [0.1, 0.15) is 10.8 Å². The fourth-order valence-corrected chi connectivity index (χ4v) is 3.80. The molecule has 0 fully saturated rings. The number of aromatic nitrogens is 1. The van der Waals surface area contributed by atoms with Crippen LogP contribution in [0.4, 0.5) is 5.69 Å². The Morgan fingerprint density at radius 1 is 1.00 bits per heavy atom. The first kappa shape index (κ1) is 18.0. The zero-order valence-corrected chi connectivity index (χ0v) is 15.6. The molecular formula is C21H20N2O2S. The highest BCUT2D eigenvalue weighted by atomic mass is 32.1. The van der Waals surface area contributed by atoms with E-state index in [1.54, 1.807) is 11.8 Å². The lowest BCUT2D eigenvalue weighted by atomic mass is 10.1. The topological polar surface area (TPSA) is 50.3 Å². The average molecular weight is 364 g/mol. The predicted octanol–water partition coefficient (Wildman–Crippen LogP) is 4.88. The minimum absolute atomic E-state index is 0.0199. The molecule has 0 bridgehead atoms. The van der Waals surface area contributed by atoms with E-state index in [1.165, 1.54) is 18.3 Å². The summed E-state index contributed by atoms with van der Waals surface area (Å²) in [6, 6.07) is 18.9. The van der Waals surface area contributed by atoms with Crippen LogP contribution in [-0.2, 0) is 9.59 Å². The van der Waals surface area contributed by atoms with Gasteiger partial charge in [-0.25, -0.2) is 4.98 Å². The van der Waals surface area contributed by atoms with Gasteiger partial charge in [-0.15, -0.1) is 11.3 Å². The fourth-order valence-electron chi connectivity index (χ4n) is 2.92. The maximum atomic E-state index is 12.4. The molecule has 4 nitrogen and oxygen atoms in total. The van der Waals surface area contributed by atoms with Crippen molar-refractivity contribution in [1.82, 2.24) is 4.98 Å². The molecule has 3 aromatic rings. The van der Waals surface area contributed by atoms with Crippen LogP contribution in [0.1, 0.15) is 32.0 Å². The lowest BCUT2D eigenvalue weighted by Crippen LogP contribution is -2.34. The number of hydrogen-bond donors (Lipinski definition) is 0. The van der Waals surface area contributed by atoms with Crippen molar-refractivity contribution in [3.8, 4) is 10.6 Å². The first-order valence-electron chi connectivity index (χ1n) is 8.41. The van der Waals surface area contributed by atoms with E-state index >= 15 is 0 Å². The lowest BCUT2D eigenvalue weighted by molar-refractivity contribution is -0.118. The minimum Gasteiger partial charge on any atom is -0.303 e. The Kier molecular flexibility index (Phi) is 5.58. The monoisotopic (exact) mass is 364 g/mol. The molecule has 0 saturated heterocycles. The van der Waals surface area contributed by atoms with E-state index in [-0.39, 0.29) is 18.1 Å². The van der Waals surface area contributed by atoms with Gasteiger partial charge in [-0.05, 0) is 19.1 Å². The molecule has 0 aliphatic heterocycles. The summed E-state index contributed by atoms with van der Waals surface area (Å²) in [4.78, 5) is 30.7. The fraction of sp³-hybridized carbons (Fsp3) is 0.190. The van der Waals surface area contributed by atoms with Crippen molar-refractivity contribution in [1.29, 1.82) is 0 Å². The van der Waals surface area contributed by atoms with Gasteiger partial charge in [0, 0.05) is 30.0 Å². The molecule has 0 aliphatic carbocycles. The predicted molar refractivity (Wildman–Crippen MR) is 105 cm³/mol. The van der Waals surface area contributed by atoms with Crippen LogP contribution in [0.3, 0.4) is 0 Å². The highest BCUT2D eigenvalue weighted by Gasteiger charge is 2.28. The van der Waals surface area contributed by atoms with Crippen LogP contribution in [0.25, 0.3) is 10.6 Å². The molecule has 0 radical (unpaired) electrons. The Labute approximate surface area is 157 Å². The van der Waals surface area contributed by atoms with E-state index in [2.05, 4.69) is 0 Å². The van der Waals surface area contributed by atoms with Gasteiger partial charge in [-0.2, -0.15) is 0 Å². The summed E-state index contributed by atoms with van der Waals surface area (Å²) < 4.78 is 0. The van der Waals surface area contributed by atoms with Gasteiger partial charge >= 0.3 is 0 Å². The molecule has 132 valence electrons. The van der Waals surface area contributed by atoms with Gasteiger partial charge in [-0.3, -0.25) is 9.59 Å². The molecular weight excluding hydrogens is 344 g/mol. The number of carbonyl (C=O) groups excluding carboxylic acids is 2. The number of rotatable bonds is 6. The molecule has 2 aromatic carbocycles. The Morgan fingerprint density at radius 3 is 2.19 bits per heavy atom. The summed E-state index contributed by atoms with van der Waals surface area (Å²) in [5, 5.41) is 2.82. The van der Waals surface area contributed by atoms with E-state index < -0.39 is 6.04 Å². The molecule has 26 heavy (non-hydrogen) atoms. The van der Waals surface area contributed by atoms with Crippen molar-refractivity contribution in [3.63, 3.8) is 0 Å². The minimum atomic E-state index is -0.416. The number of carbonyl (C=O) groups is 2. The van der Waals surface area contributed by atoms with E-state index in [9.17, 15) is 9.59 Å². The van der Waals surface area contributed by atoms with Gasteiger partial charge in [0.25, 0.3) is 0 Å². The van der Waals surface area contributed by atoms with E-state index in [0.29, 0.717) is 0 Å². The number of anilines is 1. The number of Topliss-reactive ketones (excluding diaryl/α,β-unsaturated/α-hetero) is 1. The number of nitrogens with zero attached hydrogens (tertiary/aromatic N) is 2. The smallest absolute Gasteiger partial charge is 0.224 e. The molecule has 1 aromatic heterocycles. The Morgan fingerprint density at radius 2 is 1.62 bits per heavy atom.